The van der Waals surface area contributed by atoms with E-state index in [9.17, 15) is 4.79 Å². The van der Waals surface area contributed by atoms with Gasteiger partial charge in [0.2, 0.25) is 5.91 Å². The van der Waals surface area contributed by atoms with Gasteiger partial charge in [-0.15, -0.1) is 0 Å². The zero-order valence-corrected chi connectivity index (χ0v) is 16.5. The number of hydrogen-bond acceptors (Lipinski definition) is 5. The molecule has 1 N–H and O–H groups in total. The van der Waals surface area contributed by atoms with E-state index in [2.05, 4.69) is 21.4 Å². The first-order valence-electron chi connectivity index (χ1n) is 10.1. The average Bonchev–Trinajstić information content (AvgIpc) is 2.82. The number of nitrogens with one attached hydrogen (secondary N) is 1. The summed E-state index contributed by atoms with van der Waals surface area (Å²) in [4.78, 5) is 28.4. The van der Waals surface area contributed by atoms with E-state index in [1.807, 2.05) is 59.5 Å². The smallest absolute Gasteiger partial charge is 0.246 e. The minimum atomic E-state index is 0.0373. The van der Waals surface area contributed by atoms with Crippen LogP contribution in [0.3, 0.4) is 0 Å². The lowest BCUT2D eigenvalue weighted by atomic mass is 10.0. The Morgan fingerprint density at radius 2 is 1.77 bits per heavy atom. The molecule has 3 heterocycles. The fraction of sp³-hybridized carbons (Fsp3) is 0.167. The summed E-state index contributed by atoms with van der Waals surface area (Å²) in [5.41, 5.74) is 3.96. The molecule has 2 aromatic carbocycles. The number of carbonyl (C=O) groups excluding carboxylic acids is 1. The summed E-state index contributed by atoms with van der Waals surface area (Å²) in [5, 5.41) is 4.16. The number of benzene rings is 2. The van der Waals surface area contributed by atoms with Crippen LogP contribution in [0.25, 0.3) is 22.3 Å². The lowest BCUT2D eigenvalue weighted by Gasteiger charge is -2.29. The van der Waals surface area contributed by atoms with Crippen molar-refractivity contribution in [2.45, 2.75) is 12.8 Å². The number of para-hydroxylation sites is 2. The molecule has 148 valence electrons. The van der Waals surface area contributed by atoms with Crippen molar-refractivity contribution >= 4 is 28.3 Å². The van der Waals surface area contributed by atoms with E-state index in [0.717, 1.165) is 41.5 Å². The van der Waals surface area contributed by atoms with Crippen molar-refractivity contribution in [3.8, 4) is 11.4 Å². The number of carbonyl (C=O) groups is 1. The third-order valence-corrected chi connectivity index (χ3v) is 5.36. The van der Waals surface area contributed by atoms with Gasteiger partial charge in [0.1, 0.15) is 5.82 Å². The second-order valence-electron chi connectivity index (χ2n) is 7.28. The Bertz CT molecular complexity index is 1210. The van der Waals surface area contributed by atoms with Crippen LogP contribution in [0, 0.1) is 0 Å². The molecule has 1 amide bonds. The summed E-state index contributed by atoms with van der Waals surface area (Å²) in [6.07, 6.45) is 5.43. The Morgan fingerprint density at radius 3 is 2.67 bits per heavy atom. The minimum absolute atomic E-state index is 0.0373. The third kappa shape index (κ3) is 3.48. The molecule has 0 aliphatic carbocycles. The number of aromatic nitrogens is 3. The zero-order chi connectivity index (χ0) is 20.3. The van der Waals surface area contributed by atoms with Crippen LogP contribution in [0.4, 0.5) is 11.5 Å². The van der Waals surface area contributed by atoms with Crippen molar-refractivity contribution in [2.24, 2.45) is 0 Å². The number of aryl methyl sites for hydroxylation is 1. The Kier molecular flexibility index (Phi) is 4.81. The highest BCUT2D eigenvalue weighted by Gasteiger charge is 2.22. The fourth-order valence-electron chi connectivity index (χ4n) is 3.89. The van der Waals surface area contributed by atoms with Gasteiger partial charge in [-0.25, -0.2) is 9.97 Å². The van der Waals surface area contributed by atoms with Gasteiger partial charge < -0.3 is 10.2 Å². The molecule has 1 aliphatic heterocycles. The van der Waals surface area contributed by atoms with Crippen molar-refractivity contribution in [2.75, 3.05) is 23.3 Å². The molecule has 0 saturated carbocycles. The molecule has 0 atom stereocenters. The molecule has 6 nitrogen and oxygen atoms in total. The van der Waals surface area contributed by atoms with Crippen LogP contribution in [0.5, 0.6) is 0 Å². The molecule has 1 aliphatic rings. The van der Waals surface area contributed by atoms with Gasteiger partial charge in [0.25, 0.3) is 0 Å². The standard InChI is InChI=1S/C24H21N5O/c30-22(29-15-5-7-17-6-1-4-10-21(17)29)16-26-24-19-8-2-3-9-20(19)27-23(28-24)18-11-13-25-14-12-18/h1-4,6,8-14H,5,7,15-16H2,(H,26,27,28). The second-order valence-corrected chi connectivity index (χ2v) is 7.28. The molecule has 6 heteroatoms. The van der Waals surface area contributed by atoms with E-state index in [1.165, 1.54) is 5.56 Å². The van der Waals surface area contributed by atoms with Crippen LogP contribution in [-0.2, 0) is 11.2 Å². The quantitative estimate of drug-likeness (QED) is 0.564. The maximum absolute atomic E-state index is 13.0. The SMILES string of the molecule is O=C(CNc1nc(-c2ccncc2)nc2ccccc12)N1CCCc2ccccc21. The number of pyridine rings is 1. The summed E-state index contributed by atoms with van der Waals surface area (Å²) < 4.78 is 0. The maximum atomic E-state index is 13.0. The minimum Gasteiger partial charge on any atom is -0.360 e. The van der Waals surface area contributed by atoms with E-state index in [-0.39, 0.29) is 12.5 Å². The molecular weight excluding hydrogens is 374 g/mol. The summed E-state index contributed by atoms with van der Waals surface area (Å²) in [6, 6.07) is 19.7. The topological polar surface area (TPSA) is 71.0 Å². The van der Waals surface area contributed by atoms with Crippen LogP contribution >= 0.6 is 0 Å². The van der Waals surface area contributed by atoms with Gasteiger partial charge in [-0.3, -0.25) is 9.78 Å². The Morgan fingerprint density at radius 1 is 0.967 bits per heavy atom. The van der Waals surface area contributed by atoms with Gasteiger partial charge in [-0.05, 0) is 48.7 Å². The van der Waals surface area contributed by atoms with E-state index in [1.54, 1.807) is 12.4 Å². The summed E-state index contributed by atoms with van der Waals surface area (Å²) in [5.74, 6) is 1.30. The monoisotopic (exact) mass is 395 g/mol. The molecule has 4 aromatic rings. The highest BCUT2D eigenvalue weighted by molar-refractivity contribution is 5.98. The molecular formula is C24H21N5O. The Balaban J connectivity index is 1.44. The number of amides is 1. The fourth-order valence-corrected chi connectivity index (χ4v) is 3.89. The van der Waals surface area contributed by atoms with Crippen molar-refractivity contribution in [1.82, 2.24) is 15.0 Å². The first-order valence-corrected chi connectivity index (χ1v) is 10.1. The zero-order valence-electron chi connectivity index (χ0n) is 16.5. The normalized spacial score (nSPS) is 13.1. The molecule has 30 heavy (non-hydrogen) atoms. The lowest BCUT2D eigenvalue weighted by molar-refractivity contribution is -0.117. The van der Waals surface area contributed by atoms with Gasteiger partial charge in [-0.2, -0.15) is 0 Å². The van der Waals surface area contributed by atoms with Gasteiger partial charge >= 0.3 is 0 Å². The second kappa shape index (κ2) is 7.91. The summed E-state index contributed by atoms with van der Waals surface area (Å²) in [6.45, 7) is 0.912. The van der Waals surface area contributed by atoms with E-state index in [4.69, 9.17) is 4.98 Å². The highest BCUT2D eigenvalue weighted by atomic mass is 16.2. The Labute approximate surface area is 174 Å². The molecule has 0 fully saturated rings. The number of anilines is 2. The van der Waals surface area contributed by atoms with Crippen molar-refractivity contribution in [1.29, 1.82) is 0 Å². The first kappa shape index (κ1) is 18.2. The van der Waals surface area contributed by atoms with Crippen LogP contribution < -0.4 is 10.2 Å². The number of hydrogen-bond donors (Lipinski definition) is 1. The van der Waals surface area contributed by atoms with Crippen LogP contribution in [-0.4, -0.2) is 33.9 Å². The molecule has 0 spiro atoms. The maximum Gasteiger partial charge on any atom is 0.246 e. The molecule has 0 unspecified atom stereocenters. The van der Waals surface area contributed by atoms with E-state index < -0.39 is 0 Å². The number of fused-ring (bicyclic) bond motifs is 2. The summed E-state index contributed by atoms with van der Waals surface area (Å²) in [7, 11) is 0. The van der Waals surface area contributed by atoms with Crippen molar-refractivity contribution < 1.29 is 4.79 Å². The molecule has 2 aromatic heterocycles. The highest BCUT2D eigenvalue weighted by Crippen LogP contribution is 2.28. The van der Waals surface area contributed by atoms with Crippen molar-refractivity contribution in [3.05, 3.63) is 78.6 Å². The molecule has 0 saturated heterocycles. The molecule has 0 radical (unpaired) electrons. The first-order chi connectivity index (χ1) is 14.8. The number of nitrogens with zero attached hydrogens (tertiary/aromatic N) is 4. The van der Waals surface area contributed by atoms with Crippen LogP contribution in [0.1, 0.15) is 12.0 Å². The Hall–Kier alpha value is -3.80. The predicted molar refractivity (Wildman–Crippen MR) is 118 cm³/mol. The van der Waals surface area contributed by atoms with E-state index in [0.29, 0.717) is 11.6 Å². The van der Waals surface area contributed by atoms with Gasteiger partial charge in [-0.1, -0.05) is 30.3 Å². The lowest BCUT2D eigenvalue weighted by Crippen LogP contribution is -2.39. The van der Waals surface area contributed by atoms with Gasteiger partial charge in [0, 0.05) is 35.6 Å². The molecule has 5 rings (SSSR count). The molecule has 0 bridgehead atoms. The largest absolute Gasteiger partial charge is 0.360 e. The van der Waals surface area contributed by atoms with E-state index >= 15 is 0 Å². The van der Waals surface area contributed by atoms with Crippen LogP contribution in [0.15, 0.2) is 73.1 Å². The third-order valence-electron chi connectivity index (χ3n) is 5.36. The van der Waals surface area contributed by atoms with Gasteiger partial charge in [0.15, 0.2) is 5.82 Å². The number of rotatable bonds is 4. The predicted octanol–water partition coefficient (Wildman–Crippen LogP) is 4.08. The van der Waals surface area contributed by atoms with Gasteiger partial charge in [0.05, 0.1) is 12.1 Å². The van der Waals surface area contributed by atoms with Crippen LogP contribution in [0.2, 0.25) is 0 Å². The van der Waals surface area contributed by atoms with Crippen molar-refractivity contribution in [3.63, 3.8) is 0 Å². The summed E-state index contributed by atoms with van der Waals surface area (Å²) >= 11 is 0. The average molecular weight is 395 g/mol.